The summed E-state index contributed by atoms with van der Waals surface area (Å²) in [5.41, 5.74) is 0. The van der Waals surface area contributed by atoms with Gasteiger partial charge in [0, 0.05) is 80.5 Å². The first-order chi connectivity index (χ1) is 30.9. The van der Waals surface area contributed by atoms with Gasteiger partial charge < -0.3 is 66.3 Å². The van der Waals surface area contributed by atoms with E-state index in [4.69, 9.17) is 66.3 Å². The standard InChI is InChI=1S/C36H70O14S12/c1(13-51-27-35-25-49-35)37-29-39-3-15-53-55-17-5-41-31-43-7-19-57-59-21-9-45-33-47-11-23-61-62-24-12-48-34-46-10-22-60-58-20-8-44-32-42-6-18-56-54-16-4-40-30-38-2-14-52-28-36-26-50-36/h35-36H,1-34H2. The minimum absolute atomic E-state index is 0.332. The van der Waals surface area contributed by atoms with E-state index < -0.39 is 0 Å². The number of rotatable bonds is 57. The fourth-order valence-corrected chi connectivity index (χ4v) is 13.9. The van der Waals surface area contributed by atoms with Crippen molar-refractivity contribution in [3.05, 3.63) is 0 Å². The third-order valence-electron chi connectivity index (χ3n) is 6.68. The largest absolute Gasteiger partial charge is 0.372 e. The molecule has 0 saturated carbocycles. The van der Waals surface area contributed by atoms with Gasteiger partial charge in [0.15, 0.2) is 0 Å². The molecule has 2 aliphatic heterocycles. The van der Waals surface area contributed by atoms with Crippen LogP contribution in [-0.4, -0.2) is 226 Å². The SMILES string of the molecule is C(CSCC1CO1)OCOCCSSCCOCOCCSSCCOCOCCSSCCOCOCCSSCCOCOCCSSCCOCOCCSCC1CO1. The molecule has 0 aromatic rings. The van der Waals surface area contributed by atoms with Crippen LogP contribution < -0.4 is 0 Å². The highest BCUT2D eigenvalue weighted by molar-refractivity contribution is 8.77. The summed E-state index contributed by atoms with van der Waals surface area (Å²) < 4.78 is 76.6. The maximum Gasteiger partial charge on any atom is 0.146 e. The molecule has 26 heteroatoms. The zero-order valence-electron chi connectivity index (χ0n) is 35.8. The predicted octanol–water partition coefficient (Wildman–Crippen LogP) is 8.10. The molecule has 0 radical (unpaired) electrons. The highest BCUT2D eigenvalue weighted by Crippen LogP contribution is 2.24. The summed E-state index contributed by atoms with van der Waals surface area (Å²) in [6.07, 6.45) is 0.967. The molecule has 0 bridgehead atoms. The number of epoxide rings is 2. The quantitative estimate of drug-likeness (QED) is 0.0251. The van der Waals surface area contributed by atoms with Crippen LogP contribution in [0.3, 0.4) is 0 Å². The van der Waals surface area contributed by atoms with Crippen LogP contribution in [0.5, 0.6) is 0 Å². The summed E-state index contributed by atoms with van der Waals surface area (Å²) >= 11 is 3.74. The van der Waals surface area contributed by atoms with Crippen molar-refractivity contribution in [3.63, 3.8) is 0 Å². The van der Waals surface area contributed by atoms with Gasteiger partial charge in [0.1, 0.15) is 40.8 Å². The normalized spacial score (nSPS) is 15.9. The molecule has 0 spiro atoms. The van der Waals surface area contributed by atoms with Crippen LogP contribution in [0.4, 0.5) is 0 Å². The van der Waals surface area contributed by atoms with Gasteiger partial charge in [-0.05, 0) is 0 Å². The zero-order chi connectivity index (χ0) is 43.6. The van der Waals surface area contributed by atoms with Crippen molar-refractivity contribution in [2.45, 2.75) is 12.2 Å². The average Bonchev–Trinajstić information content (AvgIpc) is 4.24. The molecule has 0 aliphatic carbocycles. The minimum Gasteiger partial charge on any atom is -0.372 e. The Kier molecular flexibility index (Phi) is 53.8. The Balaban J connectivity index is 1.08. The summed E-state index contributed by atoms with van der Waals surface area (Å²) in [6.45, 7) is 12.1. The van der Waals surface area contributed by atoms with Gasteiger partial charge in [-0.25, -0.2) is 0 Å². The summed E-state index contributed by atoms with van der Waals surface area (Å²) in [4.78, 5) is 0. The van der Waals surface area contributed by atoms with E-state index in [0.29, 0.717) is 119 Å². The van der Waals surface area contributed by atoms with Crippen molar-refractivity contribution >= 4 is 131 Å². The number of hydrogen-bond donors (Lipinski definition) is 0. The second kappa shape index (κ2) is 54.0. The fourth-order valence-electron chi connectivity index (χ4n) is 3.57. The topological polar surface area (TPSA) is 136 Å². The van der Waals surface area contributed by atoms with Gasteiger partial charge in [-0.1, -0.05) is 108 Å². The van der Waals surface area contributed by atoms with Crippen molar-refractivity contribution < 1.29 is 66.3 Å². The molecule has 2 saturated heterocycles. The highest BCUT2D eigenvalue weighted by atomic mass is 33.1. The Morgan fingerprint density at radius 2 is 0.419 bits per heavy atom. The van der Waals surface area contributed by atoms with Crippen molar-refractivity contribution in [1.82, 2.24) is 0 Å². The van der Waals surface area contributed by atoms with Crippen molar-refractivity contribution in [2.75, 3.05) is 214 Å². The molecule has 0 amide bonds. The third-order valence-corrected chi connectivity index (χ3v) is 20.5. The Bertz CT molecular complexity index is 811. The van der Waals surface area contributed by atoms with Crippen molar-refractivity contribution in [1.29, 1.82) is 0 Å². The van der Waals surface area contributed by atoms with E-state index >= 15 is 0 Å². The Morgan fingerprint density at radius 3 is 0.581 bits per heavy atom. The molecule has 2 atom stereocenters. The van der Waals surface area contributed by atoms with Crippen LogP contribution in [0, 0.1) is 0 Å². The number of thioether (sulfide) groups is 2. The maximum atomic E-state index is 5.56. The molecule has 0 aromatic carbocycles. The molecule has 2 heterocycles. The second-order valence-corrected chi connectivity index (χ2v) is 27.7. The van der Waals surface area contributed by atoms with E-state index in [1.807, 2.05) is 23.5 Å². The van der Waals surface area contributed by atoms with Crippen LogP contribution in [0.1, 0.15) is 0 Å². The van der Waals surface area contributed by atoms with Gasteiger partial charge in [-0.2, -0.15) is 23.5 Å². The van der Waals surface area contributed by atoms with E-state index in [9.17, 15) is 0 Å². The van der Waals surface area contributed by atoms with Gasteiger partial charge in [-0.15, -0.1) is 0 Å². The van der Waals surface area contributed by atoms with E-state index in [1.165, 1.54) is 0 Å². The summed E-state index contributed by atoms with van der Waals surface area (Å²) in [5, 5.41) is 0. The monoisotopic (exact) mass is 1110 g/mol. The molecular weight excluding hydrogens is 1040 g/mol. The van der Waals surface area contributed by atoms with Gasteiger partial charge in [0.2, 0.25) is 0 Å². The smallest absolute Gasteiger partial charge is 0.146 e. The number of ether oxygens (including phenoxy) is 14. The first kappa shape index (κ1) is 61.8. The van der Waals surface area contributed by atoms with Crippen molar-refractivity contribution in [3.8, 4) is 0 Å². The maximum absolute atomic E-state index is 5.56. The first-order valence-electron chi connectivity index (χ1n) is 20.5. The average molecular weight is 1110 g/mol. The Morgan fingerprint density at radius 1 is 0.258 bits per heavy atom. The van der Waals surface area contributed by atoms with E-state index in [1.54, 1.807) is 108 Å². The van der Waals surface area contributed by atoms with E-state index in [2.05, 4.69) is 0 Å². The zero-order valence-corrected chi connectivity index (χ0v) is 45.6. The van der Waals surface area contributed by atoms with Gasteiger partial charge in [0.25, 0.3) is 0 Å². The van der Waals surface area contributed by atoms with Crippen LogP contribution >= 0.6 is 131 Å². The molecule has 2 aliphatic rings. The van der Waals surface area contributed by atoms with Gasteiger partial charge in [0.05, 0.1) is 105 Å². The lowest BCUT2D eigenvalue weighted by molar-refractivity contribution is -0.0429. The third kappa shape index (κ3) is 53.0. The summed E-state index contributed by atoms with van der Waals surface area (Å²) in [7, 11) is 17.9. The lowest BCUT2D eigenvalue weighted by Crippen LogP contribution is -2.07. The molecule has 370 valence electrons. The van der Waals surface area contributed by atoms with Gasteiger partial charge >= 0.3 is 0 Å². The van der Waals surface area contributed by atoms with Gasteiger partial charge in [-0.3, -0.25) is 0 Å². The minimum atomic E-state index is 0.332. The summed E-state index contributed by atoms with van der Waals surface area (Å²) in [6, 6.07) is 0. The predicted molar refractivity (Wildman–Crippen MR) is 279 cm³/mol. The molecule has 2 rings (SSSR count). The molecule has 14 nitrogen and oxygen atoms in total. The Hall–Kier alpha value is 3.64. The second-order valence-electron chi connectivity index (χ2n) is 11.9. The van der Waals surface area contributed by atoms with E-state index in [-0.39, 0.29) is 0 Å². The molecule has 0 aromatic heterocycles. The molecular formula is C36H70O14S12. The molecule has 0 N–H and O–H groups in total. The lowest BCUT2D eigenvalue weighted by Gasteiger charge is -2.07. The van der Waals surface area contributed by atoms with Crippen LogP contribution in [-0.2, 0) is 66.3 Å². The molecule has 2 unspecified atom stereocenters. The van der Waals surface area contributed by atoms with Crippen LogP contribution in [0.15, 0.2) is 0 Å². The molecule has 62 heavy (non-hydrogen) atoms. The highest BCUT2D eigenvalue weighted by Gasteiger charge is 2.22. The van der Waals surface area contributed by atoms with Crippen LogP contribution in [0.2, 0.25) is 0 Å². The van der Waals surface area contributed by atoms with Crippen LogP contribution in [0.25, 0.3) is 0 Å². The summed E-state index contributed by atoms with van der Waals surface area (Å²) in [5.74, 6) is 13.3. The fraction of sp³-hybridized carbons (Fsp3) is 1.00. The first-order valence-corrected chi connectivity index (χ1v) is 35.2. The lowest BCUT2D eigenvalue weighted by atomic mass is 10.6. The molecule has 2 fully saturated rings. The van der Waals surface area contributed by atoms with E-state index in [0.717, 1.165) is 107 Å². The number of hydrogen-bond acceptors (Lipinski definition) is 26. The Labute approximate surface area is 420 Å². The van der Waals surface area contributed by atoms with Crippen molar-refractivity contribution in [2.24, 2.45) is 0 Å².